The summed E-state index contributed by atoms with van der Waals surface area (Å²) in [6, 6.07) is 42.1. The molecule has 0 spiro atoms. The summed E-state index contributed by atoms with van der Waals surface area (Å²) in [5.74, 6) is 0. The molecule has 3 aromatic heterocycles. The molecule has 0 saturated heterocycles. The van der Waals surface area contributed by atoms with E-state index in [1.807, 2.05) is 91.0 Å². The van der Waals surface area contributed by atoms with Crippen LogP contribution in [0, 0.1) is 29.2 Å². The van der Waals surface area contributed by atoms with Gasteiger partial charge in [0.1, 0.15) is 0 Å². The van der Waals surface area contributed by atoms with Gasteiger partial charge in [-0.1, -0.05) is 42.5 Å². The molecule has 44 heavy (non-hydrogen) atoms. The van der Waals surface area contributed by atoms with Crippen molar-refractivity contribution in [3.05, 3.63) is 144 Å². The van der Waals surface area contributed by atoms with Crippen LogP contribution in [-0.2, 0) is 0 Å². The number of nitriles is 2. The Morgan fingerprint density at radius 2 is 1.16 bits per heavy atom. The Balaban J connectivity index is 1.48. The molecule has 3 heterocycles. The van der Waals surface area contributed by atoms with E-state index in [4.69, 9.17) is 11.6 Å². The molecule has 0 bridgehead atoms. The van der Waals surface area contributed by atoms with Crippen molar-refractivity contribution in [2.45, 2.75) is 0 Å². The quantitative estimate of drug-likeness (QED) is 0.202. The zero-order chi connectivity index (χ0) is 29.8. The minimum absolute atomic E-state index is 0.525. The average molecular weight is 561 g/mol. The van der Waals surface area contributed by atoms with Crippen LogP contribution in [0.4, 0.5) is 5.69 Å². The van der Waals surface area contributed by atoms with E-state index in [1.54, 1.807) is 6.20 Å². The first-order chi connectivity index (χ1) is 21.7. The Bertz CT molecular complexity index is 2600. The minimum atomic E-state index is 0.525. The molecule has 5 aromatic carbocycles. The van der Waals surface area contributed by atoms with Crippen molar-refractivity contribution >= 4 is 49.3 Å². The second-order valence-corrected chi connectivity index (χ2v) is 10.6. The highest BCUT2D eigenvalue weighted by Crippen LogP contribution is 2.40. The number of hydrogen-bond donors (Lipinski definition) is 0. The summed E-state index contributed by atoms with van der Waals surface area (Å²) in [5.41, 5.74) is 8.87. The van der Waals surface area contributed by atoms with Crippen molar-refractivity contribution in [2.75, 3.05) is 0 Å². The molecule has 0 saturated carbocycles. The molecule has 0 radical (unpaired) electrons. The van der Waals surface area contributed by atoms with E-state index in [1.165, 1.54) is 0 Å². The molecule has 6 heteroatoms. The average Bonchev–Trinajstić information content (AvgIpc) is 3.60. The van der Waals surface area contributed by atoms with Crippen LogP contribution in [0.5, 0.6) is 0 Å². The van der Waals surface area contributed by atoms with E-state index >= 15 is 0 Å². The summed E-state index contributed by atoms with van der Waals surface area (Å²) >= 11 is 0. The maximum absolute atomic E-state index is 9.98. The van der Waals surface area contributed by atoms with Crippen molar-refractivity contribution in [3.63, 3.8) is 0 Å². The van der Waals surface area contributed by atoms with Crippen molar-refractivity contribution in [2.24, 2.45) is 0 Å². The Morgan fingerprint density at radius 1 is 0.568 bits per heavy atom. The Labute approximate surface area is 252 Å². The Hall–Kier alpha value is -6.68. The van der Waals surface area contributed by atoms with E-state index in [0.717, 1.165) is 66.2 Å². The fourth-order valence-electron chi connectivity index (χ4n) is 6.37. The monoisotopic (exact) mass is 560 g/mol. The van der Waals surface area contributed by atoms with Gasteiger partial charge in [-0.05, 0) is 78.2 Å². The molecule has 0 fully saturated rings. The van der Waals surface area contributed by atoms with E-state index in [0.29, 0.717) is 16.8 Å². The molecule has 202 valence electrons. The number of hydrogen-bond acceptors (Lipinski definition) is 3. The molecule has 0 aliphatic heterocycles. The number of rotatable bonds is 3. The topological polar surface area (TPSA) is 74.7 Å². The number of nitrogens with zero attached hydrogens (tertiary/aromatic N) is 6. The van der Waals surface area contributed by atoms with Crippen LogP contribution in [0.3, 0.4) is 0 Å². The summed E-state index contributed by atoms with van der Waals surface area (Å²) in [4.78, 5) is 8.62. The first-order valence-electron chi connectivity index (χ1n) is 14.0. The maximum Gasteiger partial charge on any atom is 0.188 e. The van der Waals surface area contributed by atoms with Crippen LogP contribution in [0.2, 0.25) is 0 Å². The van der Waals surface area contributed by atoms with Gasteiger partial charge in [-0.3, -0.25) is 4.98 Å². The fourth-order valence-corrected chi connectivity index (χ4v) is 6.37. The summed E-state index contributed by atoms with van der Waals surface area (Å²) in [7, 11) is 0. The molecule has 8 rings (SSSR count). The van der Waals surface area contributed by atoms with E-state index in [2.05, 4.69) is 50.4 Å². The first kappa shape index (κ1) is 25.1. The lowest BCUT2D eigenvalue weighted by Gasteiger charge is -2.18. The van der Waals surface area contributed by atoms with Gasteiger partial charge in [0, 0.05) is 27.9 Å². The highest BCUT2D eigenvalue weighted by atomic mass is 15.0. The number of pyridine rings is 1. The van der Waals surface area contributed by atoms with E-state index in [9.17, 15) is 10.5 Å². The van der Waals surface area contributed by atoms with Gasteiger partial charge in [-0.15, -0.1) is 0 Å². The van der Waals surface area contributed by atoms with Gasteiger partial charge in [-0.2, -0.15) is 10.5 Å². The first-order valence-corrected chi connectivity index (χ1v) is 14.0. The SMILES string of the molecule is [C-]#[N+]c1ccc2c(c1)c1ccccc1n2-c1ccc(C#N)cc1-c1ncccc1-n1c2ccccc2c2cc(C#N)ccc21. The predicted molar refractivity (Wildman–Crippen MR) is 174 cm³/mol. The number of fused-ring (bicyclic) bond motifs is 6. The van der Waals surface area contributed by atoms with Crippen molar-refractivity contribution in [3.8, 4) is 34.8 Å². The normalized spacial score (nSPS) is 11.1. The number of aromatic nitrogens is 3. The van der Waals surface area contributed by atoms with Crippen molar-refractivity contribution in [1.82, 2.24) is 14.1 Å². The third kappa shape index (κ3) is 3.61. The zero-order valence-corrected chi connectivity index (χ0v) is 23.2. The van der Waals surface area contributed by atoms with Crippen LogP contribution in [0.1, 0.15) is 11.1 Å². The number of benzene rings is 5. The summed E-state index contributed by atoms with van der Waals surface area (Å²) in [6.07, 6.45) is 1.78. The highest BCUT2D eigenvalue weighted by Gasteiger charge is 2.21. The van der Waals surface area contributed by atoms with Gasteiger partial charge in [0.2, 0.25) is 0 Å². The summed E-state index contributed by atoms with van der Waals surface area (Å²) < 4.78 is 4.38. The van der Waals surface area contributed by atoms with Crippen LogP contribution in [-0.4, -0.2) is 14.1 Å². The molecule has 0 aliphatic rings. The molecule has 0 atom stereocenters. The Morgan fingerprint density at radius 3 is 1.86 bits per heavy atom. The zero-order valence-electron chi connectivity index (χ0n) is 23.2. The smallest absolute Gasteiger partial charge is 0.188 e. The van der Waals surface area contributed by atoms with Crippen LogP contribution >= 0.6 is 0 Å². The van der Waals surface area contributed by atoms with Gasteiger partial charge in [0.05, 0.1) is 69.0 Å². The maximum atomic E-state index is 9.98. The second kappa shape index (κ2) is 9.71. The molecule has 8 aromatic rings. The summed E-state index contributed by atoms with van der Waals surface area (Å²) in [6.45, 7) is 7.58. The largest absolute Gasteiger partial charge is 0.309 e. The van der Waals surface area contributed by atoms with Gasteiger partial charge in [-0.25, -0.2) is 4.85 Å². The minimum Gasteiger partial charge on any atom is -0.309 e. The predicted octanol–water partition coefficient (Wildman–Crippen LogP) is 9.24. The van der Waals surface area contributed by atoms with Crippen LogP contribution in [0.15, 0.2) is 121 Å². The molecular formula is C38H20N6. The number of para-hydroxylation sites is 2. The molecule has 0 amide bonds. The van der Waals surface area contributed by atoms with Gasteiger partial charge in [0.15, 0.2) is 5.69 Å². The fraction of sp³-hybridized carbons (Fsp3) is 0. The molecule has 0 unspecified atom stereocenters. The lowest BCUT2D eigenvalue weighted by Crippen LogP contribution is -2.03. The molecule has 0 N–H and O–H groups in total. The lowest BCUT2D eigenvalue weighted by atomic mass is 10.0. The Kier molecular flexibility index (Phi) is 5.53. The third-order valence-electron chi connectivity index (χ3n) is 8.24. The standard InChI is InChI=1S/C38H20N6/c1-41-26-14-17-35-30(21-26)28-8-3-4-9-32(28)43(35)36-16-13-25(23-40)20-31(36)38-37(11-6-18-42-38)44-33-10-5-2-7-27(33)29-19-24(22-39)12-15-34(29)44/h2-21H. The van der Waals surface area contributed by atoms with Crippen LogP contribution < -0.4 is 0 Å². The molecule has 0 aliphatic carbocycles. The second-order valence-electron chi connectivity index (χ2n) is 10.6. The van der Waals surface area contributed by atoms with Gasteiger partial charge < -0.3 is 9.13 Å². The van der Waals surface area contributed by atoms with Crippen molar-refractivity contribution in [1.29, 1.82) is 10.5 Å². The summed E-state index contributed by atoms with van der Waals surface area (Å²) in [5, 5.41) is 23.7. The van der Waals surface area contributed by atoms with Crippen LogP contribution in [0.25, 0.3) is 71.1 Å². The van der Waals surface area contributed by atoms with Gasteiger partial charge >= 0.3 is 0 Å². The molecule has 6 nitrogen and oxygen atoms in total. The highest BCUT2D eigenvalue weighted by molar-refractivity contribution is 6.12. The van der Waals surface area contributed by atoms with Crippen molar-refractivity contribution < 1.29 is 0 Å². The molecular weight excluding hydrogens is 540 g/mol. The van der Waals surface area contributed by atoms with E-state index in [-0.39, 0.29) is 0 Å². The van der Waals surface area contributed by atoms with E-state index < -0.39 is 0 Å². The third-order valence-corrected chi connectivity index (χ3v) is 8.24. The van der Waals surface area contributed by atoms with Gasteiger partial charge in [0.25, 0.3) is 0 Å². The lowest BCUT2D eigenvalue weighted by molar-refractivity contribution is 1.13.